The minimum atomic E-state index is -0.00365. The third kappa shape index (κ3) is 5.53. The van der Waals surface area contributed by atoms with E-state index in [1.54, 1.807) is 0 Å². The van der Waals surface area contributed by atoms with Crippen LogP contribution in [0.25, 0.3) is 0 Å². The summed E-state index contributed by atoms with van der Waals surface area (Å²) < 4.78 is 5.32. The molecule has 2 atom stereocenters. The van der Waals surface area contributed by atoms with E-state index < -0.39 is 0 Å². The number of esters is 1. The van der Waals surface area contributed by atoms with Gasteiger partial charge in [0.05, 0.1) is 12.5 Å². The smallest absolute Gasteiger partial charge is 0.310 e. The van der Waals surface area contributed by atoms with Gasteiger partial charge in [-0.15, -0.1) is 0 Å². The maximum absolute atomic E-state index is 11.7. The van der Waals surface area contributed by atoms with E-state index >= 15 is 0 Å². The molecular weight excluding hydrogens is 214 g/mol. The Morgan fingerprint density at radius 3 is 2.53 bits per heavy atom. The van der Waals surface area contributed by atoms with Gasteiger partial charge in [-0.3, -0.25) is 4.79 Å². The molecule has 1 heterocycles. The molecule has 1 saturated heterocycles. The number of carbonyl (C=O) groups excluding carboxylic acids is 1. The van der Waals surface area contributed by atoms with Crippen molar-refractivity contribution in [3.8, 4) is 0 Å². The fraction of sp³-hybridized carbons (Fsp3) is 0.929. The van der Waals surface area contributed by atoms with Gasteiger partial charge in [0.2, 0.25) is 0 Å². The first kappa shape index (κ1) is 14.5. The van der Waals surface area contributed by atoms with Crippen LogP contribution >= 0.6 is 0 Å². The van der Waals surface area contributed by atoms with Crippen LogP contribution in [0.1, 0.15) is 52.4 Å². The molecule has 0 bridgehead atoms. The van der Waals surface area contributed by atoms with Crippen LogP contribution in [0.2, 0.25) is 0 Å². The molecule has 0 aromatic rings. The number of hydrogen-bond donors (Lipinski definition) is 1. The van der Waals surface area contributed by atoms with E-state index in [1.807, 2.05) is 0 Å². The summed E-state index contributed by atoms with van der Waals surface area (Å²) in [5, 5.41) is 3.23. The molecule has 0 aromatic carbocycles. The fourth-order valence-electron chi connectivity index (χ4n) is 2.29. The Morgan fingerprint density at radius 1 is 1.18 bits per heavy atom. The normalized spacial score (nSPS) is 23.9. The van der Waals surface area contributed by atoms with Crippen molar-refractivity contribution in [2.75, 3.05) is 19.7 Å². The van der Waals surface area contributed by atoms with Crippen LogP contribution in [-0.2, 0) is 9.53 Å². The van der Waals surface area contributed by atoms with E-state index in [2.05, 4.69) is 19.2 Å². The van der Waals surface area contributed by atoms with Gasteiger partial charge in [-0.1, -0.05) is 46.0 Å². The molecule has 1 aliphatic heterocycles. The maximum atomic E-state index is 11.7. The number of ether oxygens (including phenoxy) is 1. The molecule has 0 unspecified atom stereocenters. The van der Waals surface area contributed by atoms with E-state index in [4.69, 9.17) is 4.74 Å². The minimum Gasteiger partial charge on any atom is -0.465 e. The molecule has 0 aliphatic carbocycles. The van der Waals surface area contributed by atoms with Gasteiger partial charge in [0.1, 0.15) is 0 Å². The second-order valence-electron chi connectivity index (χ2n) is 5.18. The van der Waals surface area contributed by atoms with E-state index in [0.717, 1.165) is 19.5 Å². The van der Waals surface area contributed by atoms with Gasteiger partial charge in [0.25, 0.3) is 0 Å². The van der Waals surface area contributed by atoms with Crippen molar-refractivity contribution in [2.45, 2.75) is 52.4 Å². The molecule has 17 heavy (non-hydrogen) atoms. The molecule has 0 aromatic heterocycles. The Balaban J connectivity index is 1.97. The number of unbranched alkanes of at least 4 members (excludes halogenated alkanes) is 5. The van der Waals surface area contributed by atoms with Crippen LogP contribution in [0.5, 0.6) is 0 Å². The van der Waals surface area contributed by atoms with Crippen LogP contribution < -0.4 is 5.32 Å². The molecule has 1 fully saturated rings. The quantitative estimate of drug-likeness (QED) is 0.524. The van der Waals surface area contributed by atoms with Crippen LogP contribution in [-0.4, -0.2) is 25.7 Å². The molecule has 100 valence electrons. The molecule has 1 N–H and O–H groups in total. The van der Waals surface area contributed by atoms with Crippen molar-refractivity contribution in [2.24, 2.45) is 11.8 Å². The molecule has 3 heteroatoms. The number of nitrogens with one attached hydrogen (secondary N) is 1. The molecule has 0 radical (unpaired) electrons. The van der Waals surface area contributed by atoms with Crippen LogP contribution in [0.15, 0.2) is 0 Å². The minimum absolute atomic E-state index is 0.00365. The summed E-state index contributed by atoms with van der Waals surface area (Å²) in [6.07, 6.45) is 7.39. The first-order valence-corrected chi connectivity index (χ1v) is 7.13. The van der Waals surface area contributed by atoms with E-state index in [9.17, 15) is 4.79 Å². The Morgan fingerprint density at radius 2 is 1.88 bits per heavy atom. The standard InChI is InChI=1S/C14H27NO2/c1-3-4-5-6-7-8-9-17-14(16)13-11-15-10-12(13)2/h12-13,15H,3-11H2,1-2H3/t12-,13-/m1/s1. The van der Waals surface area contributed by atoms with Crippen molar-refractivity contribution in [1.29, 1.82) is 0 Å². The average molecular weight is 241 g/mol. The van der Waals surface area contributed by atoms with Crippen LogP contribution in [0.3, 0.4) is 0 Å². The summed E-state index contributed by atoms with van der Waals surface area (Å²) in [5.41, 5.74) is 0. The summed E-state index contributed by atoms with van der Waals surface area (Å²) in [4.78, 5) is 11.7. The van der Waals surface area contributed by atoms with Gasteiger partial charge < -0.3 is 10.1 Å². The lowest BCUT2D eigenvalue weighted by Crippen LogP contribution is -2.24. The van der Waals surface area contributed by atoms with Crippen molar-refractivity contribution >= 4 is 5.97 Å². The Labute approximate surface area is 105 Å². The zero-order valence-electron chi connectivity index (χ0n) is 11.3. The van der Waals surface area contributed by atoms with Gasteiger partial charge in [0.15, 0.2) is 0 Å². The highest BCUT2D eigenvalue weighted by atomic mass is 16.5. The number of carbonyl (C=O) groups is 1. The van der Waals surface area contributed by atoms with Gasteiger partial charge >= 0.3 is 5.97 Å². The highest BCUT2D eigenvalue weighted by molar-refractivity contribution is 5.73. The zero-order valence-corrected chi connectivity index (χ0v) is 11.3. The molecule has 1 aliphatic rings. The van der Waals surface area contributed by atoms with Crippen molar-refractivity contribution < 1.29 is 9.53 Å². The fourth-order valence-corrected chi connectivity index (χ4v) is 2.29. The third-order valence-corrected chi connectivity index (χ3v) is 3.56. The first-order chi connectivity index (χ1) is 8.25. The maximum Gasteiger partial charge on any atom is 0.310 e. The van der Waals surface area contributed by atoms with E-state index in [0.29, 0.717) is 12.5 Å². The van der Waals surface area contributed by atoms with Crippen LogP contribution in [0.4, 0.5) is 0 Å². The van der Waals surface area contributed by atoms with Gasteiger partial charge in [-0.25, -0.2) is 0 Å². The summed E-state index contributed by atoms with van der Waals surface area (Å²) in [5.74, 6) is 0.498. The predicted molar refractivity (Wildman–Crippen MR) is 69.9 cm³/mol. The molecule has 1 rings (SSSR count). The third-order valence-electron chi connectivity index (χ3n) is 3.56. The lowest BCUT2D eigenvalue weighted by atomic mass is 9.99. The molecule has 0 saturated carbocycles. The molecule has 0 spiro atoms. The molecular formula is C14H27NO2. The lowest BCUT2D eigenvalue weighted by molar-refractivity contribution is -0.149. The second kappa shape index (κ2) is 8.51. The van der Waals surface area contributed by atoms with Gasteiger partial charge in [-0.05, 0) is 18.9 Å². The van der Waals surface area contributed by atoms with Crippen LogP contribution in [0, 0.1) is 11.8 Å². The Hall–Kier alpha value is -0.570. The molecule has 0 amide bonds. The van der Waals surface area contributed by atoms with Crippen molar-refractivity contribution in [3.63, 3.8) is 0 Å². The first-order valence-electron chi connectivity index (χ1n) is 7.13. The zero-order chi connectivity index (χ0) is 12.5. The lowest BCUT2D eigenvalue weighted by Gasteiger charge is -2.13. The summed E-state index contributed by atoms with van der Waals surface area (Å²) in [6.45, 7) is 6.66. The number of hydrogen-bond acceptors (Lipinski definition) is 3. The summed E-state index contributed by atoms with van der Waals surface area (Å²) in [6, 6.07) is 0. The molecule has 3 nitrogen and oxygen atoms in total. The Bertz CT molecular complexity index is 218. The van der Waals surface area contributed by atoms with Crippen molar-refractivity contribution in [3.05, 3.63) is 0 Å². The Kier molecular flexibility index (Phi) is 7.25. The van der Waals surface area contributed by atoms with E-state index in [-0.39, 0.29) is 11.9 Å². The topological polar surface area (TPSA) is 38.3 Å². The largest absolute Gasteiger partial charge is 0.465 e. The summed E-state index contributed by atoms with van der Waals surface area (Å²) in [7, 11) is 0. The van der Waals surface area contributed by atoms with Crippen molar-refractivity contribution in [1.82, 2.24) is 5.32 Å². The van der Waals surface area contributed by atoms with Gasteiger partial charge in [0, 0.05) is 6.54 Å². The monoisotopic (exact) mass is 241 g/mol. The number of rotatable bonds is 8. The average Bonchev–Trinajstić information content (AvgIpc) is 2.74. The highest BCUT2D eigenvalue weighted by Gasteiger charge is 2.30. The summed E-state index contributed by atoms with van der Waals surface area (Å²) >= 11 is 0. The van der Waals surface area contributed by atoms with E-state index in [1.165, 1.54) is 32.1 Å². The highest BCUT2D eigenvalue weighted by Crippen LogP contribution is 2.17. The second-order valence-corrected chi connectivity index (χ2v) is 5.18. The van der Waals surface area contributed by atoms with Gasteiger partial charge in [-0.2, -0.15) is 0 Å². The predicted octanol–water partition coefficient (Wildman–Crippen LogP) is 2.75. The SMILES string of the molecule is CCCCCCCCOC(=O)[C@@H]1CNC[C@H]1C.